The number of fused-ring (bicyclic) bond motifs is 1. The summed E-state index contributed by atoms with van der Waals surface area (Å²) in [6.45, 7) is 2.55. The fraction of sp³-hybridized carbons (Fsp3) is 0.259. The van der Waals surface area contributed by atoms with Gasteiger partial charge in [0.1, 0.15) is 11.4 Å². The van der Waals surface area contributed by atoms with Crippen molar-refractivity contribution in [3.05, 3.63) is 97.9 Å². The van der Waals surface area contributed by atoms with Gasteiger partial charge in [-0.25, -0.2) is 0 Å². The van der Waals surface area contributed by atoms with Crippen LogP contribution in [-0.4, -0.2) is 34.0 Å². The van der Waals surface area contributed by atoms with Crippen LogP contribution < -0.4 is 4.74 Å². The largest absolute Gasteiger partial charge is 0.487 e. The Hall–Kier alpha value is -2.64. The molecule has 3 aromatic rings. The smallest absolute Gasteiger partial charge is 0.305 e. The summed E-state index contributed by atoms with van der Waals surface area (Å²) in [6.07, 6.45) is 1.34. The van der Waals surface area contributed by atoms with Gasteiger partial charge in [0, 0.05) is 40.4 Å². The molecule has 0 saturated carbocycles. The van der Waals surface area contributed by atoms with Crippen LogP contribution in [0.4, 0.5) is 0 Å². The highest BCUT2D eigenvalue weighted by Gasteiger charge is 2.35. The van der Waals surface area contributed by atoms with Crippen molar-refractivity contribution in [3.63, 3.8) is 0 Å². The number of halogens is 2. The molecule has 0 spiro atoms. The van der Waals surface area contributed by atoms with Crippen LogP contribution in [0, 0.1) is 0 Å². The van der Waals surface area contributed by atoms with E-state index >= 15 is 0 Å². The third kappa shape index (κ3) is 6.07. The molecule has 5 nitrogen and oxygen atoms in total. The average Bonchev–Trinajstić information content (AvgIpc) is 3.12. The standard InChI is InChI=1S/C27H25Br2NO4/c1-27(15-18-5-8-22(28)9-6-18)16-21-14-20(7-10-24(21)34-27)26(33)30(12-11-25(31)32)17-19-3-2-4-23(29)13-19/h2-10,13-14H,11-12,15-17H2,1H3,(H,31,32)/t27-/m1/s1. The first kappa shape index (κ1) is 24.5. The number of carbonyl (C=O) groups excluding carboxylic acids is 1. The summed E-state index contributed by atoms with van der Waals surface area (Å²) in [5.41, 5.74) is 3.25. The Morgan fingerprint density at radius 3 is 2.47 bits per heavy atom. The van der Waals surface area contributed by atoms with Crippen LogP contribution in [0.3, 0.4) is 0 Å². The molecule has 1 N–H and O–H groups in total. The monoisotopic (exact) mass is 585 g/mol. The van der Waals surface area contributed by atoms with E-state index in [-0.39, 0.29) is 18.9 Å². The number of ether oxygens (including phenoxy) is 1. The molecule has 3 aromatic carbocycles. The molecule has 1 aliphatic rings. The first-order valence-corrected chi connectivity index (χ1v) is 12.6. The maximum Gasteiger partial charge on any atom is 0.305 e. The number of carboxylic acid groups (broad SMARTS) is 1. The quantitative estimate of drug-likeness (QED) is 0.338. The van der Waals surface area contributed by atoms with E-state index in [1.807, 2.05) is 48.5 Å². The van der Waals surface area contributed by atoms with Gasteiger partial charge in [0.15, 0.2) is 0 Å². The van der Waals surface area contributed by atoms with E-state index < -0.39 is 11.6 Å². The second-order valence-electron chi connectivity index (χ2n) is 8.85. The van der Waals surface area contributed by atoms with Crippen LogP contribution in [0.5, 0.6) is 5.75 Å². The highest BCUT2D eigenvalue weighted by Crippen LogP contribution is 2.38. The van der Waals surface area contributed by atoms with E-state index in [0.717, 1.165) is 32.2 Å². The van der Waals surface area contributed by atoms with Crippen LogP contribution >= 0.6 is 31.9 Å². The molecular formula is C27H25Br2NO4. The number of rotatable bonds is 8. The number of carboxylic acids is 1. The Morgan fingerprint density at radius 2 is 1.76 bits per heavy atom. The van der Waals surface area contributed by atoms with Crippen molar-refractivity contribution in [2.45, 2.75) is 38.3 Å². The first-order chi connectivity index (χ1) is 16.2. The Kier molecular flexibility index (Phi) is 7.43. The molecular weight excluding hydrogens is 562 g/mol. The zero-order valence-corrected chi connectivity index (χ0v) is 21.9. The van der Waals surface area contributed by atoms with E-state index in [2.05, 4.69) is 50.9 Å². The van der Waals surface area contributed by atoms with Gasteiger partial charge in [-0.2, -0.15) is 0 Å². The number of nitrogens with zero attached hydrogens (tertiary/aromatic N) is 1. The van der Waals surface area contributed by atoms with E-state index in [1.54, 1.807) is 11.0 Å². The van der Waals surface area contributed by atoms with Crippen LogP contribution in [-0.2, 0) is 24.2 Å². The molecule has 0 saturated heterocycles. The molecule has 0 bridgehead atoms. The van der Waals surface area contributed by atoms with Gasteiger partial charge in [0.2, 0.25) is 0 Å². The van der Waals surface area contributed by atoms with E-state index in [0.29, 0.717) is 18.5 Å². The van der Waals surface area contributed by atoms with Gasteiger partial charge in [-0.3, -0.25) is 9.59 Å². The van der Waals surface area contributed by atoms with Crippen molar-refractivity contribution in [1.29, 1.82) is 0 Å². The van der Waals surface area contributed by atoms with Gasteiger partial charge in [0.05, 0.1) is 6.42 Å². The van der Waals surface area contributed by atoms with Gasteiger partial charge >= 0.3 is 5.97 Å². The second kappa shape index (κ2) is 10.3. The minimum Gasteiger partial charge on any atom is -0.487 e. The normalized spacial score (nSPS) is 16.6. The number of benzene rings is 3. The number of amides is 1. The minimum atomic E-state index is -0.932. The molecule has 1 aliphatic heterocycles. The highest BCUT2D eigenvalue weighted by atomic mass is 79.9. The number of hydrogen-bond acceptors (Lipinski definition) is 3. The van der Waals surface area contributed by atoms with Gasteiger partial charge in [-0.05, 0) is 66.1 Å². The van der Waals surface area contributed by atoms with E-state index in [4.69, 9.17) is 4.74 Å². The minimum absolute atomic E-state index is 0.112. The van der Waals surface area contributed by atoms with Crippen LogP contribution in [0.15, 0.2) is 75.7 Å². The summed E-state index contributed by atoms with van der Waals surface area (Å²) in [4.78, 5) is 26.2. The maximum absolute atomic E-state index is 13.4. The topological polar surface area (TPSA) is 66.8 Å². The zero-order valence-electron chi connectivity index (χ0n) is 18.8. The molecule has 176 valence electrons. The van der Waals surface area contributed by atoms with Crippen molar-refractivity contribution in [1.82, 2.24) is 4.90 Å². The predicted molar refractivity (Wildman–Crippen MR) is 138 cm³/mol. The molecule has 0 unspecified atom stereocenters. The van der Waals surface area contributed by atoms with E-state index in [9.17, 15) is 14.7 Å². The summed E-state index contributed by atoms with van der Waals surface area (Å²) in [5, 5.41) is 9.18. The van der Waals surface area contributed by atoms with Crippen LogP contribution in [0.25, 0.3) is 0 Å². The molecule has 0 fully saturated rings. The van der Waals surface area contributed by atoms with Gasteiger partial charge in [-0.15, -0.1) is 0 Å². The molecule has 0 radical (unpaired) electrons. The molecule has 1 atom stereocenters. The van der Waals surface area contributed by atoms with Crippen molar-refractivity contribution >= 4 is 43.7 Å². The predicted octanol–water partition coefficient (Wildman–Crippen LogP) is 6.27. The Labute approximate surface area is 216 Å². The van der Waals surface area contributed by atoms with Gasteiger partial charge < -0.3 is 14.7 Å². The van der Waals surface area contributed by atoms with Crippen LogP contribution in [0.1, 0.15) is 40.4 Å². The van der Waals surface area contributed by atoms with Gasteiger partial charge in [-0.1, -0.05) is 56.1 Å². The molecule has 1 heterocycles. The van der Waals surface area contributed by atoms with E-state index in [1.165, 1.54) is 5.56 Å². The van der Waals surface area contributed by atoms with Crippen molar-refractivity contribution in [2.24, 2.45) is 0 Å². The molecule has 4 rings (SSSR count). The lowest BCUT2D eigenvalue weighted by atomic mass is 9.91. The number of hydrogen-bond donors (Lipinski definition) is 1. The van der Waals surface area contributed by atoms with Crippen LogP contribution in [0.2, 0.25) is 0 Å². The maximum atomic E-state index is 13.4. The van der Waals surface area contributed by atoms with Gasteiger partial charge in [0.25, 0.3) is 5.91 Å². The fourth-order valence-electron chi connectivity index (χ4n) is 4.31. The SMILES string of the molecule is C[C@@]1(Cc2ccc(Br)cc2)Cc2cc(C(=O)N(CCC(=O)O)Cc3cccc(Br)c3)ccc2O1. The lowest BCUT2D eigenvalue weighted by molar-refractivity contribution is -0.137. The second-order valence-corrected chi connectivity index (χ2v) is 10.7. The van der Waals surface area contributed by atoms with Crippen molar-refractivity contribution < 1.29 is 19.4 Å². The molecule has 7 heteroatoms. The summed E-state index contributed by atoms with van der Waals surface area (Å²) in [7, 11) is 0. The Bertz CT molecular complexity index is 1210. The average molecular weight is 587 g/mol. The highest BCUT2D eigenvalue weighted by molar-refractivity contribution is 9.10. The third-order valence-electron chi connectivity index (χ3n) is 5.86. The Morgan fingerprint density at radius 1 is 1.00 bits per heavy atom. The summed E-state index contributed by atoms with van der Waals surface area (Å²) in [6, 6.07) is 21.4. The lowest BCUT2D eigenvalue weighted by Crippen LogP contribution is -2.33. The fourth-order valence-corrected chi connectivity index (χ4v) is 5.02. The summed E-state index contributed by atoms with van der Waals surface area (Å²) in [5.74, 6) is -0.330. The summed E-state index contributed by atoms with van der Waals surface area (Å²) >= 11 is 6.92. The first-order valence-electron chi connectivity index (χ1n) is 11.0. The summed E-state index contributed by atoms with van der Waals surface area (Å²) < 4.78 is 8.24. The lowest BCUT2D eigenvalue weighted by Gasteiger charge is -2.24. The third-order valence-corrected chi connectivity index (χ3v) is 6.89. The van der Waals surface area contributed by atoms with Crippen molar-refractivity contribution in [3.8, 4) is 5.75 Å². The molecule has 1 amide bonds. The Balaban J connectivity index is 1.52. The number of aliphatic carboxylic acids is 1. The molecule has 34 heavy (non-hydrogen) atoms. The number of carbonyl (C=O) groups is 2. The zero-order chi connectivity index (χ0) is 24.3. The molecule has 0 aliphatic carbocycles. The van der Waals surface area contributed by atoms with Crippen molar-refractivity contribution in [2.75, 3.05) is 6.54 Å². The molecule has 0 aromatic heterocycles.